The van der Waals surface area contributed by atoms with Crippen LogP contribution in [0, 0.1) is 17.6 Å². The van der Waals surface area contributed by atoms with Gasteiger partial charge in [0.2, 0.25) is 5.91 Å². The fourth-order valence-electron chi connectivity index (χ4n) is 1.43. The van der Waals surface area contributed by atoms with E-state index >= 15 is 0 Å². The minimum absolute atomic E-state index is 0.298. The maximum absolute atomic E-state index is 13.2. The van der Waals surface area contributed by atoms with Crippen molar-refractivity contribution in [1.82, 2.24) is 5.48 Å². The number of rotatable bonds is 2. The number of nitrogens with one attached hydrogen (secondary N) is 2. The van der Waals surface area contributed by atoms with Crippen LogP contribution in [0.4, 0.5) is 14.5 Å². The van der Waals surface area contributed by atoms with Gasteiger partial charge in [0.15, 0.2) is 12.1 Å². The van der Waals surface area contributed by atoms with E-state index in [1.165, 1.54) is 0 Å². The van der Waals surface area contributed by atoms with Crippen molar-refractivity contribution >= 4 is 17.6 Å². The van der Waals surface area contributed by atoms with Crippen LogP contribution in [0.25, 0.3) is 0 Å². The summed E-state index contributed by atoms with van der Waals surface area (Å²) in [4.78, 5) is 26.9. The lowest BCUT2D eigenvalue weighted by molar-refractivity contribution is -0.147. The average molecular weight is 258 g/mol. The number of hydrogen-bond acceptors (Lipinski definition) is 5. The standard InChI is InChI=1S/C10H8F2N2O4/c11-4-1-2-6(5(12)3-4)13-8(15)7-9(16)14-18-10(7)17/h1-3,7,9,14,16H,(H,13,15). The number of anilines is 1. The van der Waals surface area contributed by atoms with Crippen molar-refractivity contribution in [2.75, 3.05) is 5.32 Å². The molecule has 96 valence electrons. The first kappa shape index (κ1) is 12.4. The summed E-state index contributed by atoms with van der Waals surface area (Å²) >= 11 is 0. The second-order valence-corrected chi connectivity index (χ2v) is 3.57. The first-order valence-corrected chi connectivity index (χ1v) is 4.89. The van der Waals surface area contributed by atoms with Gasteiger partial charge in [0.1, 0.15) is 11.6 Å². The van der Waals surface area contributed by atoms with Crippen LogP contribution in [0.2, 0.25) is 0 Å². The zero-order valence-corrected chi connectivity index (χ0v) is 8.81. The molecule has 0 radical (unpaired) electrons. The van der Waals surface area contributed by atoms with E-state index in [0.29, 0.717) is 6.07 Å². The Morgan fingerprint density at radius 3 is 2.72 bits per heavy atom. The molecule has 0 bridgehead atoms. The molecular weight excluding hydrogens is 250 g/mol. The SMILES string of the molecule is O=C(Nc1ccc(F)cc1F)C1C(=O)ONC1O. The number of benzene rings is 1. The van der Waals surface area contributed by atoms with E-state index in [4.69, 9.17) is 0 Å². The van der Waals surface area contributed by atoms with Crippen LogP contribution in [0.3, 0.4) is 0 Å². The molecule has 3 N–H and O–H groups in total. The molecule has 2 unspecified atom stereocenters. The molecule has 1 aliphatic heterocycles. The maximum Gasteiger partial charge on any atom is 0.341 e. The summed E-state index contributed by atoms with van der Waals surface area (Å²) in [6.45, 7) is 0. The summed E-state index contributed by atoms with van der Waals surface area (Å²) < 4.78 is 25.9. The number of hydroxylamine groups is 1. The minimum Gasteiger partial charge on any atom is -0.374 e. The lowest BCUT2D eigenvalue weighted by Gasteiger charge is -2.10. The van der Waals surface area contributed by atoms with Crippen molar-refractivity contribution in [3.05, 3.63) is 29.8 Å². The Kier molecular flexibility index (Phi) is 3.21. The predicted octanol–water partition coefficient (Wildman–Crippen LogP) is -0.101. The summed E-state index contributed by atoms with van der Waals surface area (Å²) in [7, 11) is 0. The lowest BCUT2D eigenvalue weighted by atomic mass is 10.1. The Morgan fingerprint density at radius 2 is 2.17 bits per heavy atom. The van der Waals surface area contributed by atoms with Gasteiger partial charge in [0.25, 0.3) is 0 Å². The second-order valence-electron chi connectivity index (χ2n) is 3.57. The molecular formula is C10H8F2N2O4. The molecule has 1 heterocycles. The molecule has 1 aliphatic rings. The van der Waals surface area contributed by atoms with Gasteiger partial charge in [-0.2, -0.15) is 0 Å². The van der Waals surface area contributed by atoms with Crippen molar-refractivity contribution in [2.24, 2.45) is 5.92 Å². The average Bonchev–Trinajstić information content (AvgIpc) is 2.62. The van der Waals surface area contributed by atoms with Crippen LogP contribution in [-0.4, -0.2) is 23.2 Å². The summed E-state index contributed by atoms with van der Waals surface area (Å²) in [5, 5.41) is 11.3. The Bertz CT molecular complexity index is 509. The molecule has 2 atom stereocenters. The van der Waals surface area contributed by atoms with Crippen LogP contribution >= 0.6 is 0 Å². The first-order chi connectivity index (χ1) is 8.49. The van der Waals surface area contributed by atoms with Gasteiger partial charge in [-0.05, 0) is 12.1 Å². The molecule has 18 heavy (non-hydrogen) atoms. The third-order valence-corrected chi connectivity index (χ3v) is 2.32. The number of carbonyl (C=O) groups is 2. The number of halogens is 2. The number of aliphatic hydroxyl groups excluding tert-OH is 1. The van der Waals surface area contributed by atoms with Crippen molar-refractivity contribution < 1.29 is 28.3 Å². The van der Waals surface area contributed by atoms with E-state index in [9.17, 15) is 23.5 Å². The molecule has 0 aliphatic carbocycles. The number of amides is 1. The molecule has 1 aromatic carbocycles. The van der Waals surface area contributed by atoms with Crippen molar-refractivity contribution in [1.29, 1.82) is 0 Å². The number of hydrogen-bond donors (Lipinski definition) is 3. The van der Waals surface area contributed by atoms with Crippen molar-refractivity contribution in [3.8, 4) is 0 Å². The Labute approximate surface area is 99.5 Å². The van der Waals surface area contributed by atoms with Crippen LogP contribution in [-0.2, 0) is 14.4 Å². The Balaban J connectivity index is 2.14. The molecule has 2 rings (SSSR count). The maximum atomic E-state index is 13.2. The van der Waals surface area contributed by atoms with E-state index in [2.05, 4.69) is 10.2 Å². The fraction of sp³-hybridized carbons (Fsp3) is 0.200. The molecule has 1 fully saturated rings. The van der Waals surface area contributed by atoms with Crippen molar-refractivity contribution in [3.63, 3.8) is 0 Å². The third-order valence-electron chi connectivity index (χ3n) is 2.32. The minimum atomic E-state index is -1.51. The summed E-state index contributed by atoms with van der Waals surface area (Å²) in [5.74, 6) is -5.23. The third kappa shape index (κ3) is 2.29. The Morgan fingerprint density at radius 1 is 1.44 bits per heavy atom. The largest absolute Gasteiger partial charge is 0.374 e. The molecule has 1 saturated heterocycles. The number of carbonyl (C=O) groups excluding carboxylic acids is 2. The van der Waals surface area contributed by atoms with Crippen molar-refractivity contribution in [2.45, 2.75) is 6.23 Å². The highest BCUT2D eigenvalue weighted by atomic mass is 19.1. The van der Waals surface area contributed by atoms with Gasteiger partial charge in [-0.1, -0.05) is 0 Å². The molecule has 6 nitrogen and oxygen atoms in total. The highest BCUT2D eigenvalue weighted by molar-refractivity contribution is 6.05. The fourth-order valence-corrected chi connectivity index (χ4v) is 1.43. The molecule has 1 amide bonds. The molecule has 8 heteroatoms. The van der Waals surface area contributed by atoms with Gasteiger partial charge in [0.05, 0.1) is 5.69 Å². The Hall–Kier alpha value is -2.06. The quantitative estimate of drug-likeness (QED) is 0.645. The molecule has 0 spiro atoms. The van der Waals surface area contributed by atoms with Gasteiger partial charge in [-0.25, -0.2) is 13.6 Å². The molecule has 0 aromatic heterocycles. The van der Waals surface area contributed by atoms with Crippen LogP contribution < -0.4 is 10.8 Å². The van der Waals surface area contributed by atoms with Gasteiger partial charge in [-0.3, -0.25) is 4.79 Å². The lowest BCUT2D eigenvalue weighted by Crippen LogP contribution is -2.36. The molecule has 1 aromatic rings. The van der Waals surface area contributed by atoms with Gasteiger partial charge >= 0.3 is 5.97 Å². The summed E-state index contributed by atoms with van der Waals surface area (Å²) in [5.41, 5.74) is 1.60. The van der Waals surface area contributed by atoms with Crippen LogP contribution in [0.15, 0.2) is 18.2 Å². The van der Waals surface area contributed by atoms with Crippen LogP contribution in [0.1, 0.15) is 0 Å². The van der Waals surface area contributed by atoms with Gasteiger partial charge in [-0.15, -0.1) is 5.48 Å². The highest BCUT2D eigenvalue weighted by Crippen LogP contribution is 2.18. The van der Waals surface area contributed by atoms with E-state index in [0.717, 1.165) is 12.1 Å². The monoisotopic (exact) mass is 258 g/mol. The summed E-state index contributed by atoms with van der Waals surface area (Å²) in [6, 6.07) is 2.53. The summed E-state index contributed by atoms with van der Waals surface area (Å²) in [6.07, 6.45) is -1.51. The first-order valence-electron chi connectivity index (χ1n) is 4.89. The van der Waals surface area contributed by atoms with E-state index in [1.807, 2.05) is 5.48 Å². The second kappa shape index (κ2) is 4.67. The predicted molar refractivity (Wildman–Crippen MR) is 53.7 cm³/mol. The zero-order chi connectivity index (χ0) is 13.3. The molecule has 0 saturated carbocycles. The topological polar surface area (TPSA) is 87.7 Å². The number of aliphatic hydroxyl groups is 1. The van der Waals surface area contributed by atoms with E-state index in [1.54, 1.807) is 0 Å². The van der Waals surface area contributed by atoms with Gasteiger partial charge in [0, 0.05) is 6.07 Å². The highest BCUT2D eigenvalue weighted by Gasteiger charge is 2.42. The van der Waals surface area contributed by atoms with E-state index < -0.39 is 35.7 Å². The zero-order valence-electron chi connectivity index (χ0n) is 8.81. The van der Waals surface area contributed by atoms with Gasteiger partial charge < -0.3 is 15.3 Å². The normalized spacial score (nSPS) is 22.7. The van der Waals surface area contributed by atoms with E-state index in [-0.39, 0.29) is 5.69 Å². The van der Waals surface area contributed by atoms with Crippen LogP contribution in [0.5, 0.6) is 0 Å². The smallest absolute Gasteiger partial charge is 0.341 e.